The molecule has 2 rings (SSSR count). The first-order valence-corrected chi connectivity index (χ1v) is 6.94. The Morgan fingerprint density at radius 1 is 1.21 bits per heavy atom. The van der Waals surface area contributed by atoms with Crippen molar-refractivity contribution < 1.29 is 0 Å². The first-order chi connectivity index (χ1) is 9.11. The number of aromatic nitrogens is 1. The van der Waals surface area contributed by atoms with E-state index in [4.69, 9.17) is 10.8 Å². The number of nitrogens with one attached hydrogen (secondary N) is 1. The molecule has 0 aliphatic heterocycles. The van der Waals surface area contributed by atoms with Gasteiger partial charge in [-0.3, -0.25) is 16.3 Å². The summed E-state index contributed by atoms with van der Waals surface area (Å²) in [5.74, 6) is 6.37. The molecular formula is C16H23N3. The predicted octanol–water partition coefficient (Wildman–Crippen LogP) is 3.48. The van der Waals surface area contributed by atoms with Crippen molar-refractivity contribution >= 4 is 10.9 Å². The molecule has 0 aliphatic carbocycles. The fourth-order valence-corrected chi connectivity index (χ4v) is 2.37. The van der Waals surface area contributed by atoms with Gasteiger partial charge in [0.1, 0.15) is 0 Å². The average Bonchev–Trinajstić information content (AvgIpc) is 2.39. The predicted molar refractivity (Wildman–Crippen MR) is 80.6 cm³/mol. The van der Waals surface area contributed by atoms with Gasteiger partial charge in [0.05, 0.1) is 17.3 Å². The zero-order chi connectivity index (χ0) is 13.8. The standard InChI is InChI=1S/C16H23N3/c1-11(2)8-9-15(19-17)16-10-12(3)13-6-4-5-7-14(13)18-16/h4-7,10-11,15,19H,8-9,17H2,1-3H3. The van der Waals surface area contributed by atoms with Gasteiger partial charge in [0.15, 0.2) is 0 Å². The number of nitrogens with two attached hydrogens (primary N) is 1. The topological polar surface area (TPSA) is 50.9 Å². The number of hydrogen-bond donors (Lipinski definition) is 2. The molecule has 19 heavy (non-hydrogen) atoms. The lowest BCUT2D eigenvalue weighted by atomic mass is 9.99. The number of pyridine rings is 1. The van der Waals surface area contributed by atoms with Crippen LogP contribution in [0.3, 0.4) is 0 Å². The molecule has 0 spiro atoms. The van der Waals surface area contributed by atoms with Crippen molar-refractivity contribution in [1.82, 2.24) is 10.4 Å². The van der Waals surface area contributed by atoms with Gasteiger partial charge in [-0.15, -0.1) is 0 Å². The Kier molecular flexibility index (Phi) is 4.51. The van der Waals surface area contributed by atoms with Crippen molar-refractivity contribution in [3.63, 3.8) is 0 Å². The first kappa shape index (κ1) is 14.0. The van der Waals surface area contributed by atoms with Crippen LogP contribution in [0.2, 0.25) is 0 Å². The maximum atomic E-state index is 5.70. The van der Waals surface area contributed by atoms with E-state index in [9.17, 15) is 0 Å². The summed E-state index contributed by atoms with van der Waals surface area (Å²) in [5.41, 5.74) is 6.24. The Hall–Kier alpha value is -1.45. The molecule has 0 saturated heterocycles. The van der Waals surface area contributed by atoms with Gasteiger partial charge in [-0.05, 0) is 43.4 Å². The van der Waals surface area contributed by atoms with Crippen LogP contribution in [-0.2, 0) is 0 Å². The number of para-hydroxylation sites is 1. The number of hydrazine groups is 1. The van der Waals surface area contributed by atoms with Crippen LogP contribution in [0, 0.1) is 12.8 Å². The highest BCUT2D eigenvalue weighted by molar-refractivity contribution is 5.82. The third kappa shape index (κ3) is 3.31. The van der Waals surface area contributed by atoms with Gasteiger partial charge in [0, 0.05) is 5.39 Å². The molecule has 1 aromatic heterocycles. The molecule has 1 aromatic carbocycles. The quantitative estimate of drug-likeness (QED) is 0.637. The molecule has 0 radical (unpaired) electrons. The molecule has 1 unspecified atom stereocenters. The van der Waals surface area contributed by atoms with Crippen LogP contribution in [-0.4, -0.2) is 4.98 Å². The van der Waals surface area contributed by atoms with Crippen LogP contribution in [0.25, 0.3) is 10.9 Å². The van der Waals surface area contributed by atoms with Crippen molar-refractivity contribution in [2.75, 3.05) is 0 Å². The van der Waals surface area contributed by atoms with E-state index in [1.165, 1.54) is 10.9 Å². The van der Waals surface area contributed by atoms with E-state index in [1.54, 1.807) is 0 Å². The lowest BCUT2D eigenvalue weighted by Crippen LogP contribution is -2.29. The Labute approximate surface area is 115 Å². The molecule has 3 N–H and O–H groups in total. The zero-order valence-electron chi connectivity index (χ0n) is 12.0. The molecule has 102 valence electrons. The van der Waals surface area contributed by atoms with Crippen molar-refractivity contribution in [2.24, 2.45) is 11.8 Å². The number of benzene rings is 1. The lowest BCUT2D eigenvalue weighted by molar-refractivity contribution is 0.442. The maximum absolute atomic E-state index is 5.70. The van der Waals surface area contributed by atoms with Crippen LogP contribution in [0.15, 0.2) is 30.3 Å². The summed E-state index contributed by atoms with van der Waals surface area (Å²) in [4.78, 5) is 4.74. The summed E-state index contributed by atoms with van der Waals surface area (Å²) in [7, 11) is 0. The monoisotopic (exact) mass is 257 g/mol. The second kappa shape index (κ2) is 6.13. The van der Waals surface area contributed by atoms with Gasteiger partial charge in [-0.1, -0.05) is 32.0 Å². The zero-order valence-corrected chi connectivity index (χ0v) is 12.0. The maximum Gasteiger partial charge on any atom is 0.0708 e. The van der Waals surface area contributed by atoms with E-state index in [0.717, 1.165) is 24.1 Å². The summed E-state index contributed by atoms with van der Waals surface area (Å²) in [6, 6.07) is 10.5. The van der Waals surface area contributed by atoms with Gasteiger partial charge in [0.25, 0.3) is 0 Å². The minimum Gasteiger partial charge on any atom is -0.271 e. The number of aryl methyl sites for hydroxylation is 1. The molecule has 0 aliphatic rings. The highest BCUT2D eigenvalue weighted by atomic mass is 15.2. The minimum absolute atomic E-state index is 0.130. The fourth-order valence-electron chi connectivity index (χ4n) is 2.37. The number of hydrogen-bond acceptors (Lipinski definition) is 3. The van der Waals surface area contributed by atoms with Crippen molar-refractivity contribution in [1.29, 1.82) is 0 Å². The summed E-state index contributed by atoms with van der Waals surface area (Å²) in [6.07, 6.45) is 2.15. The Morgan fingerprint density at radius 2 is 1.95 bits per heavy atom. The highest BCUT2D eigenvalue weighted by Gasteiger charge is 2.13. The number of nitrogens with zero attached hydrogens (tertiary/aromatic N) is 1. The van der Waals surface area contributed by atoms with Gasteiger partial charge in [-0.25, -0.2) is 0 Å². The van der Waals surface area contributed by atoms with Crippen LogP contribution >= 0.6 is 0 Å². The van der Waals surface area contributed by atoms with Crippen molar-refractivity contribution in [3.05, 3.63) is 41.6 Å². The average molecular weight is 257 g/mol. The molecule has 1 atom stereocenters. The van der Waals surface area contributed by atoms with E-state index < -0.39 is 0 Å². The summed E-state index contributed by atoms with van der Waals surface area (Å²) in [6.45, 7) is 6.59. The molecule has 3 nitrogen and oxygen atoms in total. The van der Waals surface area contributed by atoms with E-state index in [1.807, 2.05) is 12.1 Å². The van der Waals surface area contributed by atoms with Crippen LogP contribution in [0.1, 0.15) is 44.0 Å². The lowest BCUT2D eigenvalue weighted by Gasteiger charge is -2.18. The van der Waals surface area contributed by atoms with Crippen LogP contribution in [0.5, 0.6) is 0 Å². The third-order valence-electron chi connectivity index (χ3n) is 3.53. The second-order valence-electron chi connectivity index (χ2n) is 5.57. The van der Waals surface area contributed by atoms with Gasteiger partial charge in [-0.2, -0.15) is 0 Å². The summed E-state index contributed by atoms with van der Waals surface area (Å²) < 4.78 is 0. The second-order valence-corrected chi connectivity index (χ2v) is 5.57. The Morgan fingerprint density at radius 3 is 2.63 bits per heavy atom. The van der Waals surface area contributed by atoms with Gasteiger partial charge >= 0.3 is 0 Å². The molecule has 0 bridgehead atoms. The molecule has 0 saturated carbocycles. The van der Waals surface area contributed by atoms with Crippen molar-refractivity contribution in [3.8, 4) is 0 Å². The third-order valence-corrected chi connectivity index (χ3v) is 3.53. The van der Waals surface area contributed by atoms with Crippen LogP contribution in [0.4, 0.5) is 0 Å². The van der Waals surface area contributed by atoms with Gasteiger partial charge in [0.2, 0.25) is 0 Å². The number of rotatable bonds is 5. The molecule has 1 heterocycles. The Balaban J connectivity index is 2.32. The van der Waals surface area contributed by atoms with E-state index in [2.05, 4.69) is 44.4 Å². The number of fused-ring (bicyclic) bond motifs is 1. The minimum atomic E-state index is 0.130. The van der Waals surface area contributed by atoms with E-state index in [0.29, 0.717) is 5.92 Å². The first-order valence-electron chi connectivity index (χ1n) is 6.94. The van der Waals surface area contributed by atoms with E-state index in [-0.39, 0.29) is 6.04 Å². The largest absolute Gasteiger partial charge is 0.271 e. The molecular weight excluding hydrogens is 234 g/mol. The highest BCUT2D eigenvalue weighted by Crippen LogP contribution is 2.24. The molecule has 0 amide bonds. The van der Waals surface area contributed by atoms with Gasteiger partial charge < -0.3 is 0 Å². The fraction of sp³-hybridized carbons (Fsp3) is 0.438. The molecule has 2 aromatic rings. The van der Waals surface area contributed by atoms with Crippen LogP contribution < -0.4 is 11.3 Å². The normalized spacial score (nSPS) is 13.1. The summed E-state index contributed by atoms with van der Waals surface area (Å²) >= 11 is 0. The smallest absolute Gasteiger partial charge is 0.0708 e. The molecule has 0 fully saturated rings. The Bertz CT molecular complexity index is 549. The summed E-state index contributed by atoms with van der Waals surface area (Å²) in [5, 5.41) is 1.21. The van der Waals surface area contributed by atoms with Crippen molar-refractivity contribution in [2.45, 2.75) is 39.7 Å². The molecule has 3 heteroatoms. The van der Waals surface area contributed by atoms with E-state index >= 15 is 0 Å². The SMILES string of the molecule is Cc1cc(C(CCC(C)C)NN)nc2ccccc12.